The zero-order valence-electron chi connectivity index (χ0n) is 11.9. The molecular weight excluding hydrogens is 252 g/mol. The van der Waals surface area contributed by atoms with Crippen LogP contribution in [0.3, 0.4) is 0 Å². The molecule has 2 rings (SSSR count). The maximum atomic E-state index is 9.75. The predicted molar refractivity (Wildman–Crippen MR) is 79.2 cm³/mol. The molecule has 0 aromatic heterocycles. The van der Waals surface area contributed by atoms with E-state index in [9.17, 15) is 5.11 Å². The number of aryl methyl sites for hydroxylation is 1. The first kappa shape index (κ1) is 14.4. The van der Waals surface area contributed by atoms with E-state index in [1.54, 1.807) is 6.92 Å². The molecule has 0 saturated carbocycles. The van der Waals surface area contributed by atoms with Crippen molar-refractivity contribution in [2.45, 2.75) is 20.0 Å². The molecule has 0 bridgehead atoms. The summed E-state index contributed by atoms with van der Waals surface area (Å²) >= 11 is 0. The van der Waals surface area contributed by atoms with E-state index >= 15 is 0 Å². The van der Waals surface area contributed by atoms with Crippen LogP contribution in [0.2, 0.25) is 0 Å². The molecule has 0 aliphatic carbocycles. The van der Waals surface area contributed by atoms with Gasteiger partial charge in [0.15, 0.2) is 0 Å². The fraction of sp³-hybridized carbons (Fsp3) is 0.294. The van der Waals surface area contributed by atoms with Crippen LogP contribution < -0.4 is 9.47 Å². The normalized spacial score (nSPS) is 11.9. The number of hydrogen-bond donors (Lipinski definition) is 1. The lowest BCUT2D eigenvalue weighted by molar-refractivity contribution is 0.182. The summed E-state index contributed by atoms with van der Waals surface area (Å²) in [5.41, 5.74) is 1.92. The largest absolute Gasteiger partial charge is 0.490 e. The van der Waals surface area contributed by atoms with Gasteiger partial charge in [-0.1, -0.05) is 29.8 Å². The summed E-state index contributed by atoms with van der Waals surface area (Å²) in [7, 11) is 0. The highest BCUT2D eigenvalue weighted by atomic mass is 16.5. The Morgan fingerprint density at radius 2 is 1.70 bits per heavy atom. The van der Waals surface area contributed by atoms with Crippen molar-refractivity contribution >= 4 is 0 Å². The predicted octanol–water partition coefficient (Wildman–Crippen LogP) is 3.51. The lowest BCUT2D eigenvalue weighted by atomic mass is 10.1. The summed E-state index contributed by atoms with van der Waals surface area (Å²) in [4.78, 5) is 0. The quantitative estimate of drug-likeness (QED) is 0.818. The molecule has 0 aliphatic rings. The lowest BCUT2D eigenvalue weighted by Crippen LogP contribution is -2.10. The number of rotatable bonds is 6. The first-order chi connectivity index (χ1) is 9.66. The van der Waals surface area contributed by atoms with Gasteiger partial charge in [0.25, 0.3) is 0 Å². The Morgan fingerprint density at radius 1 is 1.00 bits per heavy atom. The van der Waals surface area contributed by atoms with E-state index in [0.717, 1.165) is 16.9 Å². The molecule has 0 heterocycles. The van der Waals surface area contributed by atoms with Crippen molar-refractivity contribution in [2.75, 3.05) is 13.2 Å². The Kier molecular flexibility index (Phi) is 5.02. The molecule has 3 heteroatoms. The minimum absolute atomic E-state index is 0.442. The molecule has 2 aromatic rings. The fourth-order valence-electron chi connectivity index (χ4n) is 1.95. The molecule has 106 valence electrons. The maximum absolute atomic E-state index is 9.75. The van der Waals surface area contributed by atoms with Crippen LogP contribution in [0.25, 0.3) is 0 Å². The first-order valence-corrected chi connectivity index (χ1v) is 6.76. The number of aliphatic hydroxyl groups excluding tert-OH is 1. The monoisotopic (exact) mass is 272 g/mol. The molecule has 0 amide bonds. The average molecular weight is 272 g/mol. The molecule has 0 saturated heterocycles. The van der Waals surface area contributed by atoms with Crippen molar-refractivity contribution in [1.82, 2.24) is 0 Å². The highest BCUT2D eigenvalue weighted by Gasteiger charge is 2.09. The summed E-state index contributed by atoms with van der Waals surface area (Å²) in [5.74, 6) is 1.54. The minimum atomic E-state index is -0.542. The number of ether oxygens (including phenoxy) is 2. The van der Waals surface area contributed by atoms with Crippen LogP contribution in [-0.4, -0.2) is 18.3 Å². The number of hydrogen-bond acceptors (Lipinski definition) is 3. The summed E-state index contributed by atoms with van der Waals surface area (Å²) < 4.78 is 11.3. The Morgan fingerprint density at radius 3 is 2.40 bits per heavy atom. The van der Waals surface area contributed by atoms with E-state index in [0.29, 0.717) is 19.0 Å². The molecule has 1 N–H and O–H groups in total. The zero-order valence-corrected chi connectivity index (χ0v) is 11.9. The molecule has 1 atom stereocenters. The second-order valence-electron chi connectivity index (χ2n) is 4.73. The molecule has 3 nitrogen and oxygen atoms in total. The van der Waals surface area contributed by atoms with Crippen LogP contribution >= 0.6 is 0 Å². The average Bonchev–Trinajstić information content (AvgIpc) is 2.45. The molecule has 0 spiro atoms. The Balaban J connectivity index is 1.88. The summed E-state index contributed by atoms with van der Waals surface area (Å²) in [6.45, 7) is 4.64. The standard InChI is InChI=1S/C17H20O3/c1-13-8-9-17(16(12-13)14(2)18)20-11-10-19-15-6-4-3-5-7-15/h3-9,12,14,18H,10-11H2,1-2H3/t14-/m0/s1. The van der Waals surface area contributed by atoms with Gasteiger partial charge in [-0.2, -0.15) is 0 Å². The van der Waals surface area contributed by atoms with Crippen LogP contribution in [0.4, 0.5) is 0 Å². The van der Waals surface area contributed by atoms with Gasteiger partial charge < -0.3 is 14.6 Å². The summed E-state index contributed by atoms with van der Waals surface area (Å²) in [5, 5.41) is 9.75. The molecular formula is C17H20O3. The van der Waals surface area contributed by atoms with E-state index in [-0.39, 0.29) is 0 Å². The van der Waals surface area contributed by atoms with E-state index in [4.69, 9.17) is 9.47 Å². The van der Waals surface area contributed by atoms with Gasteiger partial charge in [-0.3, -0.25) is 0 Å². The van der Waals surface area contributed by atoms with E-state index in [1.165, 1.54) is 0 Å². The molecule has 0 radical (unpaired) electrons. The van der Waals surface area contributed by atoms with Crippen molar-refractivity contribution in [2.24, 2.45) is 0 Å². The Hall–Kier alpha value is -2.00. The Labute approximate surface area is 119 Å². The van der Waals surface area contributed by atoms with Gasteiger partial charge in [0.05, 0.1) is 6.10 Å². The van der Waals surface area contributed by atoms with E-state index in [2.05, 4.69) is 0 Å². The van der Waals surface area contributed by atoms with Gasteiger partial charge in [0.1, 0.15) is 24.7 Å². The zero-order chi connectivity index (χ0) is 14.4. The van der Waals surface area contributed by atoms with Gasteiger partial charge >= 0.3 is 0 Å². The number of aliphatic hydroxyl groups is 1. The Bertz CT molecular complexity index is 535. The summed E-state index contributed by atoms with van der Waals surface area (Å²) in [6, 6.07) is 15.4. The van der Waals surface area contributed by atoms with Gasteiger partial charge in [-0.15, -0.1) is 0 Å². The smallest absolute Gasteiger partial charge is 0.125 e. The third-order valence-electron chi connectivity index (χ3n) is 2.97. The molecule has 0 aliphatic heterocycles. The van der Waals surface area contributed by atoms with Crippen molar-refractivity contribution in [3.63, 3.8) is 0 Å². The van der Waals surface area contributed by atoms with Crippen LogP contribution in [-0.2, 0) is 0 Å². The van der Waals surface area contributed by atoms with Crippen molar-refractivity contribution < 1.29 is 14.6 Å². The van der Waals surface area contributed by atoms with Gasteiger partial charge in [-0.25, -0.2) is 0 Å². The van der Waals surface area contributed by atoms with E-state index < -0.39 is 6.10 Å². The third kappa shape index (κ3) is 4.00. The topological polar surface area (TPSA) is 38.7 Å². The second kappa shape index (κ2) is 6.96. The van der Waals surface area contributed by atoms with Crippen molar-refractivity contribution in [1.29, 1.82) is 0 Å². The van der Waals surface area contributed by atoms with Gasteiger partial charge in [0.2, 0.25) is 0 Å². The highest BCUT2D eigenvalue weighted by molar-refractivity contribution is 5.38. The molecule has 2 aromatic carbocycles. The van der Waals surface area contributed by atoms with E-state index in [1.807, 2.05) is 55.5 Å². The molecule has 0 unspecified atom stereocenters. The van der Waals surface area contributed by atoms with Crippen LogP contribution in [0, 0.1) is 6.92 Å². The van der Waals surface area contributed by atoms with Crippen LogP contribution in [0.1, 0.15) is 24.2 Å². The minimum Gasteiger partial charge on any atom is -0.490 e. The fourth-order valence-corrected chi connectivity index (χ4v) is 1.95. The number of benzene rings is 2. The number of para-hydroxylation sites is 1. The van der Waals surface area contributed by atoms with Crippen molar-refractivity contribution in [3.8, 4) is 11.5 Å². The van der Waals surface area contributed by atoms with Crippen LogP contribution in [0.5, 0.6) is 11.5 Å². The van der Waals surface area contributed by atoms with Crippen molar-refractivity contribution in [3.05, 3.63) is 59.7 Å². The third-order valence-corrected chi connectivity index (χ3v) is 2.97. The second-order valence-corrected chi connectivity index (χ2v) is 4.73. The molecule has 20 heavy (non-hydrogen) atoms. The highest BCUT2D eigenvalue weighted by Crippen LogP contribution is 2.26. The van der Waals surface area contributed by atoms with Gasteiger partial charge in [-0.05, 0) is 38.1 Å². The SMILES string of the molecule is Cc1ccc(OCCOc2ccccc2)c([C@H](C)O)c1. The molecule has 0 fully saturated rings. The lowest BCUT2D eigenvalue weighted by Gasteiger charge is -2.14. The maximum Gasteiger partial charge on any atom is 0.125 e. The summed E-state index contributed by atoms with van der Waals surface area (Å²) in [6.07, 6.45) is -0.542. The first-order valence-electron chi connectivity index (χ1n) is 6.76. The van der Waals surface area contributed by atoms with Gasteiger partial charge in [0, 0.05) is 5.56 Å². The van der Waals surface area contributed by atoms with Crippen LogP contribution in [0.15, 0.2) is 48.5 Å².